The average Bonchev–Trinajstić information content (AvgIpc) is 0.772. The predicted molar refractivity (Wildman–Crippen MR) is 254 cm³/mol. The molecule has 18 nitrogen and oxygen atoms in total. The monoisotopic (exact) mass is 1850 g/mol. The Hall–Kier alpha value is -8.55. The van der Waals surface area contributed by atoms with E-state index >= 15 is 0 Å². The molecule has 0 bridgehead atoms. The van der Waals surface area contributed by atoms with E-state index < -0.39 is 270 Å². The minimum atomic E-state index is -8.10. The van der Waals surface area contributed by atoms with Crippen LogP contribution in [0.5, 0.6) is 36.1 Å². The first-order valence-corrected chi connectivity index (χ1v) is 27.8. The number of alkyl halides is 54. The van der Waals surface area contributed by atoms with Crippen LogP contribution in [0.4, 0.5) is 255 Å². The fourth-order valence-electron chi connectivity index (χ4n) is 7.98. The Kier molecular flexibility index (Phi) is 25.8. The third-order valence-electron chi connectivity index (χ3n) is 14.4. The van der Waals surface area contributed by atoms with Gasteiger partial charge in [-0.05, 0) is 20.8 Å². The summed E-state index contributed by atoms with van der Waals surface area (Å²) in [6.45, 7) is -24.7. The van der Waals surface area contributed by atoms with Gasteiger partial charge in [0.2, 0.25) is 17.8 Å². The van der Waals surface area contributed by atoms with Gasteiger partial charge in [0.25, 0.3) is 0 Å². The number of nitrogens with zero attached hydrogens (tertiary/aromatic N) is 12. The van der Waals surface area contributed by atoms with Crippen molar-refractivity contribution in [2.24, 2.45) is 0 Å². The minimum Gasteiger partial charge on any atom is -0.457 e. The van der Waals surface area contributed by atoms with Crippen LogP contribution in [0.25, 0.3) is 0 Å². The van der Waals surface area contributed by atoms with Gasteiger partial charge in [0, 0.05) is 0 Å². The van der Waals surface area contributed by atoms with Crippen molar-refractivity contribution in [3.05, 3.63) is 0 Å². The first-order chi connectivity index (χ1) is 51.2. The average molecular weight is 1850 g/mol. The molecule has 0 atom stereocenters. The van der Waals surface area contributed by atoms with Gasteiger partial charge in [-0.3, -0.25) is 14.7 Å². The van der Waals surface area contributed by atoms with E-state index in [-0.39, 0.29) is 20.8 Å². The van der Waals surface area contributed by atoms with E-state index in [2.05, 4.69) is 73.3 Å². The molecule has 1 aliphatic heterocycles. The Morgan fingerprint density at radius 2 is 0.282 bits per heavy atom. The number of hydrogen-bond acceptors (Lipinski definition) is 18. The molecule has 4 heterocycles. The fraction of sp³-hybridized carbons (Fsp3) is 0.800. The topological polar surface area (TPSA) is 181 Å². The Balaban J connectivity index is 2.38. The molecule has 0 aliphatic carbocycles. The Labute approximate surface area is 602 Å². The van der Waals surface area contributed by atoms with Crippen LogP contribution in [0, 0.1) is 0 Å². The molecule has 0 aromatic carbocycles. The second kappa shape index (κ2) is 30.0. The van der Waals surface area contributed by atoms with Gasteiger partial charge < -0.3 is 28.4 Å². The second-order valence-corrected chi connectivity index (χ2v) is 22.6. The van der Waals surface area contributed by atoms with E-state index in [9.17, 15) is 237 Å². The molecule has 0 amide bonds. The van der Waals surface area contributed by atoms with Gasteiger partial charge in [-0.1, -0.05) is 0 Å². The van der Waals surface area contributed by atoms with Crippen LogP contribution in [0.2, 0.25) is 0 Å². The summed E-state index contributed by atoms with van der Waals surface area (Å²) in [5.41, 5.74) is 0. The Morgan fingerprint density at radius 3 is 0.376 bits per heavy atom. The fourth-order valence-corrected chi connectivity index (χ4v) is 7.98. The molecule has 0 saturated carbocycles. The van der Waals surface area contributed by atoms with Crippen LogP contribution in [-0.4, -0.2) is 247 Å². The zero-order valence-electron chi connectivity index (χ0n) is 53.7. The van der Waals surface area contributed by atoms with Gasteiger partial charge in [0.1, 0.15) is 18.5 Å². The molecule has 0 unspecified atom stereocenters. The zero-order valence-corrected chi connectivity index (χ0v) is 53.7. The largest absolute Gasteiger partial charge is 0.460 e. The molecule has 0 radical (unpaired) electrons. The second-order valence-electron chi connectivity index (χ2n) is 22.6. The first kappa shape index (κ1) is 101. The third-order valence-corrected chi connectivity index (χ3v) is 14.4. The van der Waals surface area contributed by atoms with Crippen LogP contribution >= 0.6 is 0 Å². The van der Waals surface area contributed by atoms with E-state index in [0.717, 1.165) is 0 Å². The lowest BCUT2D eigenvalue weighted by Gasteiger charge is -2.54. The molecule has 72 heteroatoms. The number of ether oxygens (including phenoxy) is 6. The van der Waals surface area contributed by atoms with Crippen molar-refractivity contribution in [3.8, 4) is 36.1 Å². The normalized spacial score (nSPS) is 18.0. The molecule has 3 aromatic heterocycles. The summed E-state index contributed by atoms with van der Waals surface area (Å²) in [5.74, 6) is -149. The number of aromatic nitrogens is 9. The highest BCUT2D eigenvalue weighted by Crippen LogP contribution is 2.60. The van der Waals surface area contributed by atoms with Crippen molar-refractivity contribution >= 4 is 17.8 Å². The quantitative estimate of drug-likeness (QED) is 0.0525. The van der Waals surface area contributed by atoms with Crippen LogP contribution in [0.15, 0.2) is 0 Å². The standard InChI is InChI=1S/C45H24F54N12O6/c1-10-109(13-100-16(112-4-22(46,47)28(58,59)34(70,71)40(82,83)84)106-17(101-13)113-5-23(48,49)29(60,61)35(72,73)41(85,86)87)11(2)111(15-104-20(116-8-26(54,55)32(66,67)38(78,79)44(94,95)96)108-21(105-15)117-9-27(56,57)33(68,69)39(80,81)45(97,98)99)12(3)110(10)14-102-18(114-6-24(50,51)30(62,63)36(74,75)42(88,89)90)107-19(103-14)115-7-25(52,53)31(64,65)37(76,77)43(91,92)93/h10-12H,4-9H2,1-3H3. The van der Waals surface area contributed by atoms with Gasteiger partial charge in [-0.15, -0.1) is 15.0 Å². The molecule has 0 N–H and O–H groups in total. The number of hydrogen-bond donors (Lipinski definition) is 0. The lowest BCUT2D eigenvalue weighted by atomic mass is 10.0. The molecule has 3 aromatic rings. The Bertz CT molecular complexity index is 3330. The Morgan fingerprint density at radius 1 is 0.179 bits per heavy atom. The van der Waals surface area contributed by atoms with Crippen molar-refractivity contribution in [1.29, 1.82) is 0 Å². The van der Waals surface area contributed by atoms with Crippen LogP contribution in [-0.2, 0) is 0 Å². The maximum absolute atomic E-state index is 15.0. The highest BCUT2D eigenvalue weighted by molar-refractivity contribution is 5.53. The molecule has 678 valence electrons. The predicted octanol–water partition coefficient (Wildman–Crippen LogP) is 17.2. The van der Waals surface area contributed by atoms with Crippen molar-refractivity contribution < 1.29 is 266 Å². The summed E-state index contributed by atoms with van der Waals surface area (Å²) in [6.07, 6.45) is -57.3. The lowest BCUT2D eigenvalue weighted by Crippen LogP contribution is -2.70. The van der Waals surface area contributed by atoms with Crippen molar-refractivity contribution in [1.82, 2.24) is 44.9 Å². The molecule has 0 spiro atoms. The van der Waals surface area contributed by atoms with E-state index in [4.69, 9.17) is 0 Å². The van der Waals surface area contributed by atoms with Crippen molar-refractivity contribution in [2.45, 2.75) is 183 Å². The highest BCUT2D eigenvalue weighted by Gasteiger charge is 2.87. The van der Waals surface area contributed by atoms with E-state index in [1.807, 2.05) is 0 Å². The molecular formula is C45H24F54N12O6. The summed E-state index contributed by atoms with van der Waals surface area (Å²) in [7, 11) is 0. The number of rotatable bonds is 33. The highest BCUT2D eigenvalue weighted by atomic mass is 19.5. The molecule has 1 aliphatic rings. The zero-order chi connectivity index (χ0) is 92.5. The van der Waals surface area contributed by atoms with Crippen LogP contribution in [0.1, 0.15) is 20.8 Å². The number of halogens is 54. The SMILES string of the molecule is CC1N(c2nc(OCC(F)(F)C(F)(F)C(F)(F)C(F)(F)F)nc(OCC(F)(F)C(F)(F)C(F)(F)C(F)(F)F)n2)C(C)N(c2nc(OCC(F)(F)C(F)(F)C(F)(F)C(F)(F)F)nc(OCC(F)(F)C(F)(F)C(F)(F)C(F)(F)F)n2)C(C)N1c1nc(OCC(F)(F)C(F)(F)C(F)(F)C(F)(F)F)nc(OCC(F)(F)C(F)(F)C(F)(F)C(F)(F)F)n1. The molecule has 117 heavy (non-hydrogen) atoms. The molecular weight excluding hydrogens is 1830 g/mol. The van der Waals surface area contributed by atoms with Crippen LogP contribution < -0.4 is 43.1 Å². The molecule has 4 rings (SSSR count). The first-order valence-electron chi connectivity index (χ1n) is 27.8. The van der Waals surface area contributed by atoms with Gasteiger partial charge in [-0.2, -0.15) is 267 Å². The third kappa shape index (κ3) is 17.5. The summed E-state index contributed by atoms with van der Waals surface area (Å²) < 4.78 is 778. The lowest BCUT2D eigenvalue weighted by molar-refractivity contribution is -0.398. The van der Waals surface area contributed by atoms with Gasteiger partial charge in [-0.25, -0.2) is 0 Å². The van der Waals surface area contributed by atoms with E-state index in [1.165, 1.54) is 0 Å². The van der Waals surface area contributed by atoms with Crippen molar-refractivity contribution in [3.63, 3.8) is 0 Å². The van der Waals surface area contributed by atoms with E-state index in [1.54, 1.807) is 0 Å². The van der Waals surface area contributed by atoms with Crippen LogP contribution in [0.3, 0.4) is 0 Å². The maximum Gasteiger partial charge on any atom is 0.460 e. The summed E-state index contributed by atoms with van der Waals surface area (Å²) >= 11 is 0. The molecule has 1 saturated heterocycles. The summed E-state index contributed by atoms with van der Waals surface area (Å²) in [5, 5.41) is 0. The summed E-state index contributed by atoms with van der Waals surface area (Å²) in [6, 6.07) is -18.0. The summed E-state index contributed by atoms with van der Waals surface area (Å²) in [4.78, 5) is 21.0. The van der Waals surface area contributed by atoms with Gasteiger partial charge in [0.15, 0.2) is 39.6 Å². The van der Waals surface area contributed by atoms with Crippen molar-refractivity contribution in [2.75, 3.05) is 54.3 Å². The molecule has 1 fully saturated rings. The minimum absolute atomic E-state index is 0.0990. The smallest absolute Gasteiger partial charge is 0.457 e. The maximum atomic E-state index is 15.0. The van der Waals surface area contributed by atoms with Gasteiger partial charge >= 0.3 is 180 Å². The van der Waals surface area contributed by atoms with E-state index in [0.29, 0.717) is 0 Å². The number of anilines is 3. The van der Waals surface area contributed by atoms with Gasteiger partial charge in [0.05, 0.1) is 0 Å².